The first-order chi connectivity index (χ1) is 13.5. The highest BCUT2D eigenvalue weighted by Gasteiger charge is 2.14. The van der Waals surface area contributed by atoms with Crippen molar-refractivity contribution in [2.24, 2.45) is 0 Å². The minimum absolute atomic E-state index is 0.364. The Hall–Kier alpha value is -2.52. The van der Waals surface area contributed by atoms with Crippen molar-refractivity contribution in [3.63, 3.8) is 0 Å². The lowest BCUT2D eigenvalue weighted by Crippen LogP contribution is -1.99. The van der Waals surface area contributed by atoms with Crippen LogP contribution in [0.4, 0.5) is 11.6 Å². The molecule has 0 radical (unpaired) electrons. The Bertz CT molecular complexity index is 941. The summed E-state index contributed by atoms with van der Waals surface area (Å²) >= 11 is 3.11. The lowest BCUT2D eigenvalue weighted by Gasteiger charge is -2.10. The van der Waals surface area contributed by atoms with Gasteiger partial charge < -0.3 is 20.9 Å². The maximum absolute atomic E-state index is 5.81. The second-order valence-electron chi connectivity index (χ2n) is 6.02. The summed E-state index contributed by atoms with van der Waals surface area (Å²) < 4.78 is 11.2. The molecule has 3 aromatic rings. The Balaban J connectivity index is 1.79. The van der Waals surface area contributed by atoms with E-state index in [1.54, 1.807) is 18.4 Å². The van der Waals surface area contributed by atoms with Crippen LogP contribution in [0.25, 0.3) is 10.6 Å². The third-order valence-corrected chi connectivity index (χ3v) is 5.77. The highest BCUT2D eigenvalue weighted by Crippen LogP contribution is 2.36. The van der Waals surface area contributed by atoms with Crippen LogP contribution in [-0.4, -0.2) is 28.7 Å². The van der Waals surface area contributed by atoms with E-state index in [9.17, 15) is 0 Å². The molecule has 28 heavy (non-hydrogen) atoms. The molecule has 0 amide bonds. The second-order valence-corrected chi connectivity index (χ2v) is 8.17. The highest BCUT2D eigenvalue weighted by atomic mass is 32.2. The molecule has 4 N–H and O–H groups in total. The summed E-state index contributed by atoms with van der Waals surface area (Å²) in [7, 11) is 1.64. The first-order valence-electron chi connectivity index (χ1n) is 8.80. The zero-order chi connectivity index (χ0) is 20.1. The van der Waals surface area contributed by atoms with Crippen molar-refractivity contribution in [1.29, 1.82) is 0 Å². The minimum atomic E-state index is 0.364. The number of ether oxygens (including phenoxy) is 2. The maximum Gasteiger partial charge on any atom is 0.191 e. The zero-order valence-corrected chi connectivity index (χ0v) is 17.7. The van der Waals surface area contributed by atoms with E-state index in [0.717, 1.165) is 39.1 Å². The van der Waals surface area contributed by atoms with Crippen molar-refractivity contribution in [2.75, 3.05) is 25.2 Å². The van der Waals surface area contributed by atoms with Crippen molar-refractivity contribution < 1.29 is 9.47 Å². The second kappa shape index (κ2) is 9.11. The SMILES string of the molecule is CCCOc1cc(-c2nc(CSc3nc(N)cc(N)n3)c(C)s2)ccc1OC. The molecule has 0 atom stereocenters. The van der Waals surface area contributed by atoms with Gasteiger partial charge in [-0.2, -0.15) is 0 Å². The molecule has 0 fully saturated rings. The molecule has 0 aliphatic heterocycles. The van der Waals surface area contributed by atoms with Crippen molar-refractivity contribution in [3.8, 4) is 22.1 Å². The normalized spacial score (nSPS) is 10.8. The maximum atomic E-state index is 5.81. The Kier molecular flexibility index (Phi) is 6.58. The fraction of sp³-hybridized carbons (Fsp3) is 0.316. The lowest BCUT2D eigenvalue weighted by atomic mass is 10.2. The smallest absolute Gasteiger partial charge is 0.191 e. The molecule has 0 saturated heterocycles. The van der Waals surface area contributed by atoms with Crippen LogP contribution in [0.5, 0.6) is 11.5 Å². The van der Waals surface area contributed by atoms with Crippen LogP contribution < -0.4 is 20.9 Å². The van der Waals surface area contributed by atoms with Crippen LogP contribution in [0.2, 0.25) is 0 Å². The van der Waals surface area contributed by atoms with Gasteiger partial charge in [-0.3, -0.25) is 0 Å². The average molecular weight is 418 g/mol. The molecule has 7 nitrogen and oxygen atoms in total. The number of thioether (sulfide) groups is 1. The summed E-state index contributed by atoms with van der Waals surface area (Å²) in [6.07, 6.45) is 0.932. The van der Waals surface area contributed by atoms with E-state index in [0.29, 0.717) is 29.2 Å². The molecule has 2 heterocycles. The molecule has 3 rings (SSSR count). The summed E-state index contributed by atoms with van der Waals surface area (Å²) in [6.45, 7) is 4.77. The number of nitrogen functional groups attached to an aromatic ring is 2. The predicted octanol–water partition coefficient (Wildman–Crippen LogP) is 4.16. The Morgan fingerprint density at radius 1 is 1.07 bits per heavy atom. The van der Waals surface area contributed by atoms with Gasteiger partial charge in [0.2, 0.25) is 0 Å². The molecule has 1 aromatic carbocycles. The topological polar surface area (TPSA) is 109 Å². The summed E-state index contributed by atoms with van der Waals surface area (Å²) in [5, 5.41) is 1.48. The number of rotatable bonds is 8. The van der Waals surface area contributed by atoms with Crippen molar-refractivity contribution >= 4 is 34.7 Å². The molecule has 2 aromatic heterocycles. The van der Waals surface area contributed by atoms with Gasteiger partial charge in [0.1, 0.15) is 16.6 Å². The van der Waals surface area contributed by atoms with E-state index in [2.05, 4.69) is 23.8 Å². The van der Waals surface area contributed by atoms with Crippen molar-refractivity contribution in [3.05, 3.63) is 34.8 Å². The molecule has 0 aliphatic rings. The quantitative estimate of drug-likeness (QED) is 0.415. The van der Waals surface area contributed by atoms with E-state index in [1.165, 1.54) is 17.8 Å². The van der Waals surface area contributed by atoms with Gasteiger partial charge in [-0.25, -0.2) is 15.0 Å². The number of anilines is 2. The van der Waals surface area contributed by atoms with Gasteiger partial charge >= 0.3 is 0 Å². The molecule has 148 valence electrons. The van der Waals surface area contributed by atoms with Gasteiger partial charge in [-0.05, 0) is 31.5 Å². The first-order valence-corrected chi connectivity index (χ1v) is 10.6. The molecule has 0 saturated carbocycles. The van der Waals surface area contributed by atoms with Gasteiger partial charge in [-0.1, -0.05) is 18.7 Å². The lowest BCUT2D eigenvalue weighted by molar-refractivity contribution is 0.294. The van der Waals surface area contributed by atoms with E-state index in [-0.39, 0.29) is 0 Å². The Morgan fingerprint density at radius 2 is 1.82 bits per heavy atom. The standard InChI is InChI=1S/C19H23N5O2S2/c1-4-7-26-15-8-12(5-6-14(15)25-3)18-22-13(11(2)28-18)10-27-19-23-16(20)9-17(21)24-19/h5-6,8-9H,4,7,10H2,1-3H3,(H4,20,21,23,24). The van der Waals surface area contributed by atoms with Crippen LogP contribution in [0.3, 0.4) is 0 Å². The monoisotopic (exact) mass is 417 g/mol. The van der Waals surface area contributed by atoms with E-state index >= 15 is 0 Å². The number of aromatic nitrogens is 3. The van der Waals surface area contributed by atoms with Crippen molar-refractivity contribution in [2.45, 2.75) is 31.2 Å². The number of hydrogen-bond acceptors (Lipinski definition) is 9. The number of methoxy groups -OCH3 is 1. The average Bonchev–Trinajstić information content (AvgIpc) is 3.04. The third-order valence-electron chi connectivity index (χ3n) is 3.85. The number of nitrogens with two attached hydrogens (primary N) is 2. The Morgan fingerprint density at radius 3 is 2.50 bits per heavy atom. The Labute approximate surface area is 172 Å². The molecular weight excluding hydrogens is 394 g/mol. The molecule has 0 unspecified atom stereocenters. The fourth-order valence-corrected chi connectivity index (χ4v) is 4.38. The van der Waals surface area contributed by atoms with Crippen LogP contribution >= 0.6 is 23.1 Å². The molecule has 0 bridgehead atoms. The van der Waals surface area contributed by atoms with Gasteiger partial charge in [0.25, 0.3) is 0 Å². The number of aryl methyl sites for hydroxylation is 1. The van der Waals surface area contributed by atoms with Gasteiger partial charge in [0.15, 0.2) is 16.7 Å². The third kappa shape index (κ3) is 4.85. The number of hydrogen-bond donors (Lipinski definition) is 2. The summed E-state index contributed by atoms with van der Waals surface area (Å²) in [5.74, 6) is 2.82. The van der Waals surface area contributed by atoms with Crippen LogP contribution in [0, 0.1) is 6.92 Å². The fourth-order valence-electron chi connectivity index (χ4n) is 2.48. The number of nitrogens with zero attached hydrogens (tertiary/aromatic N) is 3. The summed E-state index contributed by atoms with van der Waals surface area (Å²) in [6, 6.07) is 7.42. The van der Waals surface area contributed by atoms with E-state index in [4.69, 9.17) is 25.9 Å². The molecular formula is C19H23N5O2S2. The van der Waals surface area contributed by atoms with Crippen LogP contribution in [0.1, 0.15) is 23.9 Å². The van der Waals surface area contributed by atoms with E-state index < -0.39 is 0 Å². The number of benzene rings is 1. The summed E-state index contributed by atoms with van der Waals surface area (Å²) in [4.78, 5) is 14.3. The van der Waals surface area contributed by atoms with E-state index in [1.807, 2.05) is 18.2 Å². The van der Waals surface area contributed by atoms with Crippen LogP contribution in [-0.2, 0) is 5.75 Å². The highest BCUT2D eigenvalue weighted by molar-refractivity contribution is 7.98. The van der Waals surface area contributed by atoms with Gasteiger partial charge in [0, 0.05) is 22.3 Å². The van der Waals surface area contributed by atoms with Crippen molar-refractivity contribution in [1.82, 2.24) is 15.0 Å². The predicted molar refractivity (Wildman–Crippen MR) is 115 cm³/mol. The molecule has 0 spiro atoms. The molecule has 9 heteroatoms. The zero-order valence-electron chi connectivity index (χ0n) is 16.1. The van der Waals surface area contributed by atoms with Gasteiger partial charge in [-0.15, -0.1) is 11.3 Å². The van der Waals surface area contributed by atoms with Crippen LogP contribution in [0.15, 0.2) is 29.4 Å². The largest absolute Gasteiger partial charge is 0.493 e. The summed E-state index contributed by atoms with van der Waals surface area (Å²) in [5.41, 5.74) is 13.4. The number of thiazole rings is 1. The van der Waals surface area contributed by atoms with Gasteiger partial charge in [0.05, 0.1) is 19.4 Å². The molecule has 0 aliphatic carbocycles. The minimum Gasteiger partial charge on any atom is -0.493 e. The first kappa shape index (κ1) is 20.2.